The van der Waals surface area contributed by atoms with Crippen molar-refractivity contribution >= 4 is 34.4 Å². The number of halogens is 3. The zero-order valence-corrected chi connectivity index (χ0v) is 21.6. The van der Waals surface area contributed by atoms with Gasteiger partial charge in [-0.3, -0.25) is 14.6 Å². The van der Waals surface area contributed by atoms with Crippen LogP contribution in [0.1, 0.15) is 35.8 Å². The molecule has 0 saturated heterocycles. The second-order valence-electron chi connectivity index (χ2n) is 9.16. The van der Waals surface area contributed by atoms with E-state index in [1.165, 1.54) is 11.3 Å². The summed E-state index contributed by atoms with van der Waals surface area (Å²) in [7, 11) is 0. The molecule has 4 rings (SSSR count). The summed E-state index contributed by atoms with van der Waals surface area (Å²) >= 11 is 1.44. The SMILES string of the molecule is CC(NC(=O)Cc1cccs1)C(=O)C1N=C(c2ccccc2)c2ccccc2N(CCCC(F)(F)F)C1N. The van der Waals surface area contributed by atoms with E-state index < -0.39 is 36.6 Å². The minimum atomic E-state index is -4.31. The fourth-order valence-corrected chi connectivity index (χ4v) is 5.21. The van der Waals surface area contributed by atoms with Crippen molar-refractivity contribution in [3.63, 3.8) is 0 Å². The van der Waals surface area contributed by atoms with Crippen LogP contribution in [0.5, 0.6) is 0 Å². The number of Topliss-reactive ketones (excluding diaryl/α,β-unsaturated/α-hetero) is 1. The number of carbonyl (C=O) groups is 2. The van der Waals surface area contributed by atoms with Crippen molar-refractivity contribution in [2.24, 2.45) is 10.7 Å². The normalized spacial score (nSPS) is 18.2. The van der Waals surface area contributed by atoms with Crippen LogP contribution in [0.3, 0.4) is 0 Å². The Labute approximate surface area is 223 Å². The van der Waals surface area contributed by atoms with Crippen LogP contribution in [0.4, 0.5) is 18.9 Å². The van der Waals surface area contributed by atoms with Crippen LogP contribution < -0.4 is 16.0 Å². The molecule has 0 bridgehead atoms. The minimum absolute atomic E-state index is 0.0157. The summed E-state index contributed by atoms with van der Waals surface area (Å²) in [6.45, 7) is 1.56. The summed E-state index contributed by atoms with van der Waals surface area (Å²) < 4.78 is 38.9. The van der Waals surface area contributed by atoms with E-state index in [1.807, 2.05) is 60.0 Å². The first-order chi connectivity index (χ1) is 18.1. The third-order valence-electron chi connectivity index (χ3n) is 6.34. The average molecular weight is 543 g/mol. The summed E-state index contributed by atoms with van der Waals surface area (Å²) in [5, 5.41) is 4.60. The quantitative estimate of drug-likeness (QED) is 0.410. The Morgan fingerprint density at radius 3 is 2.47 bits per heavy atom. The molecular weight excluding hydrogens is 513 g/mol. The number of nitrogens with zero attached hydrogens (tertiary/aromatic N) is 2. The Balaban J connectivity index is 1.67. The van der Waals surface area contributed by atoms with Crippen molar-refractivity contribution in [1.29, 1.82) is 0 Å². The van der Waals surface area contributed by atoms with E-state index in [0.29, 0.717) is 17.0 Å². The number of benzene rings is 2. The van der Waals surface area contributed by atoms with Gasteiger partial charge < -0.3 is 16.0 Å². The number of aliphatic imine (C=N–C) groups is 1. The van der Waals surface area contributed by atoms with Crippen LogP contribution >= 0.6 is 11.3 Å². The van der Waals surface area contributed by atoms with Gasteiger partial charge in [0.05, 0.1) is 18.2 Å². The van der Waals surface area contributed by atoms with E-state index in [2.05, 4.69) is 5.32 Å². The predicted molar refractivity (Wildman–Crippen MR) is 144 cm³/mol. The van der Waals surface area contributed by atoms with Crippen LogP contribution in [0.25, 0.3) is 0 Å². The molecule has 0 aliphatic carbocycles. The molecule has 3 N–H and O–H groups in total. The van der Waals surface area contributed by atoms with Gasteiger partial charge >= 0.3 is 6.18 Å². The zero-order chi connectivity index (χ0) is 27.3. The van der Waals surface area contributed by atoms with Gasteiger partial charge in [0.15, 0.2) is 5.78 Å². The van der Waals surface area contributed by atoms with E-state index in [9.17, 15) is 22.8 Å². The van der Waals surface area contributed by atoms with Gasteiger partial charge in [-0.25, -0.2) is 0 Å². The highest BCUT2D eigenvalue weighted by Gasteiger charge is 2.38. The number of para-hydroxylation sites is 1. The van der Waals surface area contributed by atoms with Gasteiger partial charge in [-0.2, -0.15) is 13.2 Å². The summed E-state index contributed by atoms with van der Waals surface area (Å²) in [4.78, 5) is 33.6. The number of hydrogen-bond donors (Lipinski definition) is 2. The van der Waals surface area contributed by atoms with Gasteiger partial charge in [-0.15, -0.1) is 11.3 Å². The van der Waals surface area contributed by atoms with Crippen molar-refractivity contribution in [2.45, 2.75) is 50.6 Å². The lowest BCUT2D eigenvalue weighted by Gasteiger charge is -2.34. The molecule has 6 nitrogen and oxygen atoms in total. The monoisotopic (exact) mass is 542 g/mol. The molecule has 2 aromatic carbocycles. The first kappa shape index (κ1) is 27.5. The molecule has 0 radical (unpaired) electrons. The third kappa shape index (κ3) is 6.68. The molecule has 1 aromatic heterocycles. The highest BCUT2D eigenvalue weighted by molar-refractivity contribution is 7.10. The van der Waals surface area contributed by atoms with Crippen molar-refractivity contribution in [2.75, 3.05) is 11.4 Å². The van der Waals surface area contributed by atoms with Crippen LogP contribution in [0.15, 0.2) is 77.1 Å². The molecule has 10 heteroatoms. The summed E-state index contributed by atoms with van der Waals surface area (Å²) in [6, 6.07) is 18.1. The number of fused-ring (bicyclic) bond motifs is 1. The van der Waals surface area contributed by atoms with Gasteiger partial charge in [-0.05, 0) is 30.9 Å². The molecule has 1 amide bonds. The molecule has 200 valence electrons. The number of ketones is 1. The lowest BCUT2D eigenvalue weighted by atomic mass is 10.00. The average Bonchev–Trinajstić information content (AvgIpc) is 3.35. The van der Waals surface area contributed by atoms with Crippen LogP contribution in [-0.4, -0.2) is 48.4 Å². The van der Waals surface area contributed by atoms with E-state index in [0.717, 1.165) is 10.4 Å². The summed E-state index contributed by atoms with van der Waals surface area (Å²) in [5.41, 5.74) is 9.16. The second-order valence-corrected chi connectivity index (χ2v) is 10.2. The van der Waals surface area contributed by atoms with Crippen molar-refractivity contribution in [3.8, 4) is 0 Å². The number of anilines is 1. The molecule has 0 saturated carbocycles. The summed E-state index contributed by atoms with van der Waals surface area (Å²) in [6.07, 6.45) is -6.37. The van der Waals surface area contributed by atoms with E-state index in [1.54, 1.807) is 24.0 Å². The fraction of sp³-hybridized carbons (Fsp3) is 0.321. The number of benzodiazepines with no additional fused rings is 1. The molecule has 3 atom stereocenters. The van der Waals surface area contributed by atoms with Crippen molar-refractivity contribution < 1.29 is 22.8 Å². The molecule has 0 spiro atoms. The Hall–Kier alpha value is -3.50. The number of alkyl halides is 3. The molecule has 1 aliphatic heterocycles. The van der Waals surface area contributed by atoms with Crippen LogP contribution in [-0.2, 0) is 16.0 Å². The number of carbonyl (C=O) groups excluding carboxylic acids is 2. The first-order valence-electron chi connectivity index (χ1n) is 12.3. The van der Waals surface area contributed by atoms with Gasteiger partial charge in [-0.1, -0.05) is 54.6 Å². The molecular formula is C28H29F3N4O2S. The Morgan fingerprint density at radius 2 is 1.79 bits per heavy atom. The number of amides is 1. The summed E-state index contributed by atoms with van der Waals surface area (Å²) in [5.74, 6) is -0.729. The fourth-order valence-electron chi connectivity index (χ4n) is 4.51. The maximum atomic E-state index is 13.7. The van der Waals surface area contributed by atoms with E-state index in [-0.39, 0.29) is 25.3 Å². The molecule has 0 fully saturated rings. The molecule has 1 aliphatic rings. The smallest absolute Gasteiger partial charge is 0.353 e. The van der Waals surface area contributed by atoms with Gasteiger partial charge in [0.25, 0.3) is 0 Å². The third-order valence-corrected chi connectivity index (χ3v) is 7.21. The molecule has 38 heavy (non-hydrogen) atoms. The number of rotatable bonds is 9. The highest BCUT2D eigenvalue weighted by atomic mass is 32.1. The zero-order valence-electron chi connectivity index (χ0n) is 20.8. The number of thiophene rings is 1. The van der Waals surface area contributed by atoms with E-state index >= 15 is 0 Å². The predicted octanol–water partition coefficient (Wildman–Crippen LogP) is 4.72. The van der Waals surface area contributed by atoms with Gasteiger partial charge in [0.1, 0.15) is 12.2 Å². The molecule has 2 heterocycles. The Morgan fingerprint density at radius 1 is 1.08 bits per heavy atom. The van der Waals surface area contributed by atoms with Crippen molar-refractivity contribution in [3.05, 3.63) is 88.1 Å². The lowest BCUT2D eigenvalue weighted by molar-refractivity contribution is -0.135. The minimum Gasteiger partial charge on any atom is -0.353 e. The largest absolute Gasteiger partial charge is 0.389 e. The molecule has 3 aromatic rings. The first-order valence-corrected chi connectivity index (χ1v) is 13.2. The van der Waals surface area contributed by atoms with Crippen LogP contribution in [0, 0.1) is 0 Å². The van der Waals surface area contributed by atoms with Gasteiger partial charge in [0.2, 0.25) is 5.91 Å². The Bertz CT molecular complexity index is 1280. The maximum absolute atomic E-state index is 13.7. The van der Waals surface area contributed by atoms with Gasteiger partial charge in [0, 0.05) is 34.7 Å². The van der Waals surface area contributed by atoms with Crippen LogP contribution in [0.2, 0.25) is 0 Å². The topological polar surface area (TPSA) is 87.8 Å². The molecule has 3 unspecified atom stereocenters. The number of nitrogens with one attached hydrogen (secondary N) is 1. The number of hydrogen-bond acceptors (Lipinski definition) is 6. The van der Waals surface area contributed by atoms with E-state index in [4.69, 9.17) is 10.7 Å². The lowest BCUT2D eigenvalue weighted by Crippen LogP contribution is -2.56. The standard InChI is InChI=1S/C28H29F3N4O2S/c1-18(33-23(36)17-20-11-7-16-38-20)26(37)25-27(32)35(15-8-14-28(29,30)31)22-13-6-5-12-21(22)24(34-25)19-9-3-2-4-10-19/h2-7,9-13,16,18,25,27H,8,14-15,17,32H2,1H3,(H,33,36). The number of nitrogens with two attached hydrogens (primary N) is 1. The Kier molecular flexibility index (Phi) is 8.63. The van der Waals surface area contributed by atoms with Crippen molar-refractivity contribution in [1.82, 2.24) is 5.32 Å². The maximum Gasteiger partial charge on any atom is 0.389 e. The second kappa shape index (κ2) is 11.9. The highest BCUT2D eigenvalue weighted by Crippen LogP contribution is 2.31.